The lowest BCUT2D eigenvalue weighted by atomic mass is 9.96. The molecule has 3 aromatic carbocycles. The molecule has 1 unspecified atom stereocenters. The van der Waals surface area contributed by atoms with Gasteiger partial charge >= 0.3 is 0 Å². The van der Waals surface area contributed by atoms with Crippen molar-refractivity contribution >= 4 is 21.5 Å². The third-order valence-electron chi connectivity index (χ3n) is 3.82. The predicted octanol–water partition coefficient (Wildman–Crippen LogP) is 4.97. The first-order valence-electron chi connectivity index (χ1n) is 6.64. The SMILES string of the molecule is C1=COC(c2cccc3cc4ccccc4cc23)C1. The van der Waals surface area contributed by atoms with Crippen LogP contribution < -0.4 is 0 Å². The third kappa shape index (κ3) is 1.70. The fourth-order valence-electron chi connectivity index (χ4n) is 2.86. The van der Waals surface area contributed by atoms with Gasteiger partial charge in [-0.15, -0.1) is 0 Å². The van der Waals surface area contributed by atoms with Crippen LogP contribution in [0, 0.1) is 0 Å². The van der Waals surface area contributed by atoms with Gasteiger partial charge in [0.2, 0.25) is 0 Å². The molecule has 1 atom stereocenters. The molecule has 0 saturated carbocycles. The molecule has 0 fully saturated rings. The summed E-state index contributed by atoms with van der Waals surface area (Å²) in [5, 5.41) is 5.16. The zero-order valence-corrected chi connectivity index (χ0v) is 10.5. The second-order valence-electron chi connectivity index (χ2n) is 5.00. The molecule has 1 aliphatic heterocycles. The van der Waals surface area contributed by atoms with Crippen LogP contribution in [-0.4, -0.2) is 0 Å². The lowest BCUT2D eigenvalue weighted by molar-refractivity contribution is 0.175. The summed E-state index contributed by atoms with van der Waals surface area (Å²) < 4.78 is 5.68. The van der Waals surface area contributed by atoms with E-state index in [0.717, 1.165) is 6.42 Å². The normalized spacial score (nSPS) is 18.0. The summed E-state index contributed by atoms with van der Waals surface area (Å²) in [6, 6.07) is 19.5. The van der Waals surface area contributed by atoms with Crippen LogP contribution in [0.1, 0.15) is 18.1 Å². The van der Waals surface area contributed by atoms with Crippen molar-refractivity contribution in [2.75, 3.05) is 0 Å². The van der Waals surface area contributed by atoms with Crippen molar-refractivity contribution in [1.29, 1.82) is 0 Å². The van der Waals surface area contributed by atoms with E-state index in [-0.39, 0.29) is 6.10 Å². The van der Waals surface area contributed by atoms with Crippen LogP contribution in [0.5, 0.6) is 0 Å². The van der Waals surface area contributed by atoms with E-state index in [1.54, 1.807) is 0 Å². The summed E-state index contributed by atoms with van der Waals surface area (Å²) >= 11 is 0. The first-order valence-corrected chi connectivity index (χ1v) is 6.64. The van der Waals surface area contributed by atoms with Gasteiger partial charge in [0.25, 0.3) is 0 Å². The van der Waals surface area contributed by atoms with Gasteiger partial charge in [0.15, 0.2) is 0 Å². The fraction of sp³-hybridized carbons (Fsp3) is 0.111. The third-order valence-corrected chi connectivity index (χ3v) is 3.82. The maximum absolute atomic E-state index is 5.68. The molecule has 1 heteroatoms. The van der Waals surface area contributed by atoms with E-state index in [4.69, 9.17) is 4.74 Å². The number of hydrogen-bond acceptors (Lipinski definition) is 1. The van der Waals surface area contributed by atoms with Crippen LogP contribution in [0.15, 0.2) is 66.9 Å². The Morgan fingerprint density at radius 1 is 0.842 bits per heavy atom. The second-order valence-corrected chi connectivity index (χ2v) is 5.00. The monoisotopic (exact) mass is 246 g/mol. The lowest BCUT2D eigenvalue weighted by Gasteiger charge is -2.14. The van der Waals surface area contributed by atoms with E-state index < -0.39 is 0 Å². The average molecular weight is 246 g/mol. The van der Waals surface area contributed by atoms with Crippen molar-refractivity contribution in [3.63, 3.8) is 0 Å². The maximum Gasteiger partial charge on any atom is 0.127 e. The standard InChI is InChI=1S/C18H14O/c1-2-6-14-12-17-15(11-13(14)5-1)7-3-8-16(17)18-9-4-10-19-18/h1-8,10-12,18H,9H2. The van der Waals surface area contributed by atoms with Gasteiger partial charge in [0, 0.05) is 12.0 Å². The van der Waals surface area contributed by atoms with Gasteiger partial charge in [0.05, 0.1) is 6.26 Å². The molecule has 0 radical (unpaired) electrons. The van der Waals surface area contributed by atoms with Gasteiger partial charge in [-0.2, -0.15) is 0 Å². The van der Waals surface area contributed by atoms with Crippen LogP contribution in [0.4, 0.5) is 0 Å². The summed E-state index contributed by atoms with van der Waals surface area (Å²) in [6.07, 6.45) is 5.03. The predicted molar refractivity (Wildman–Crippen MR) is 79.0 cm³/mol. The highest BCUT2D eigenvalue weighted by Crippen LogP contribution is 2.34. The average Bonchev–Trinajstić information content (AvgIpc) is 2.98. The Hall–Kier alpha value is -2.28. The molecule has 0 bridgehead atoms. The minimum atomic E-state index is 0.171. The molecule has 19 heavy (non-hydrogen) atoms. The zero-order valence-electron chi connectivity index (χ0n) is 10.5. The summed E-state index contributed by atoms with van der Waals surface area (Å²) in [5.74, 6) is 0. The topological polar surface area (TPSA) is 9.23 Å². The van der Waals surface area contributed by atoms with Crippen LogP contribution in [0.3, 0.4) is 0 Å². The Morgan fingerprint density at radius 2 is 1.63 bits per heavy atom. The molecule has 0 N–H and O–H groups in total. The molecule has 0 saturated heterocycles. The number of benzene rings is 3. The van der Waals surface area contributed by atoms with E-state index >= 15 is 0 Å². The van der Waals surface area contributed by atoms with Gasteiger partial charge < -0.3 is 4.74 Å². The molecule has 1 nitrogen and oxygen atoms in total. The van der Waals surface area contributed by atoms with E-state index in [0.29, 0.717) is 0 Å². The molecule has 0 aliphatic carbocycles. The van der Waals surface area contributed by atoms with Crippen molar-refractivity contribution in [2.24, 2.45) is 0 Å². The van der Waals surface area contributed by atoms with Crippen LogP contribution in [-0.2, 0) is 4.74 Å². The van der Waals surface area contributed by atoms with Crippen molar-refractivity contribution < 1.29 is 4.74 Å². The molecule has 1 aliphatic rings. The fourth-order valence-corrected chi connectivity index (χ4v) is 2.86. The summed E-state index contributed by atoms with van der Waals surface area (Å²) in [4.78, 5) is 0. The van der Waals surface area contributed by atoms with Gasteiger partial charge in [-0.1, -0.05) is 42.5 Å². The van der Waals surface area contributed by atoms with Crippen molar-refractivity contribution in [1.82, 2.24) is 0 Å². The Labute approximate surface area is 112 Å². The highest BCUT2D eigenvalue weighted by Gasteiger charge is 2.16. The zero-order chi connectivity index (χ0) is 12.7. The first kappa shape index (κ1) is 10.6. The van der Waals surface area contributed by atoms with Crippen molar-refractivity contribution in [2.45, 2.75) is 12.5 Å². The van der Waals surface area contributed by atoms with Gasteiger partial charge in [0.1, 0.15) is 6.10 Å². The molecule has 92 valence electrons. The highest BCUT2D eigenvalue weighted by atomic mass is 16.5. The van der Waals surface area contributed by atoms with Crippen LogP contribution in [0.25, 0.3) is 21.5 Å². The molecule has 4 rings (SSSR count). The second kappa shape index (κ2) is 4.13. The van der Waals surface area contributed by atoms with Crippen LogP contribution >= 0.6 is 0 Å². The maximum atomic E-state index is 5.68. The minimum absolute atomic E-state index is 0.171. The lowest BCUT2D eigenvalue weighted by Crippen LogP contribution is -1.96. The van der Waals surface area contributed by atoms with Crippen molar-refractivity contribution in [3.8, 4) is 0 Å². The van der Waals surface area contributed by atoms with E-state index in [9.17, 15) is 0 Å². The molecular formula is C18H14O. The minimum Gasteiger partial charge on any atom is -0.493 e. The first-order chi connectivity index (χ1) is 9.42. The Morgan fingerprint density at radius 3 is 2.42 bits per heavy atom. The summed E-state index contributed by atoms with van der Waals surface area (Å²) in [6.45, 7) is 0. The highest BCUT2D eigenvalue weighted by molar-refractivity contribution is 5.99. The molecule has 0 aromatic heterocycles. The van der Waals surface area contributed by atoms with Crippen LogP contribution in [0.2, 0.25) is 0 Å². The largest absolute Gasteiger partial charge is 0.493 e. The molecular weight excluding hydrogens is 232 g/mol. The molecule has 0 amide bonds. The quantitative estimate of drug-likeness (QED) is 0.551. The Bertz CT molecular complexity index is 778. The van der Waals surface area contributed by atoms with E-state index in [1.165, 1.54) is 27.1 Å². The molecule has 1 heterocycles. The number of ether oxygens (including phenoxy) is 1. The van der Waals surface area contributed by atoms with Gasteiger partial charge in [-0.05, 0) is 39.8 Å². The number of hydrogen-bond donors (Lipinski definition) is 0. The Balaban J connectivity index is 2.01. The van der Waals surface area contributed by atoms with Gasteiger partial charge in [-0.25, -0.2) is 0 Å². The molecule has 0 spiro atoms. The number of fused-ring (bicyclic) bond motifs is 2. The summed E-state index contributed by atoms with van der Waals surface area (Å²) in [5.41, 5.74) is 1.29. The summed E-state index contributed by atoms with van der Waals surface area (Å²) in [7, 11) is 0. The van der Waals surface area contributed by atoms with E-state index in [1.807, 2.05) is 6.26 Å². The van der Waals surface area contributed by atoms with Gasteiger partial charge in [-0.3, -0.25) is 0 Å². The molecule has 3 aromatic rings. The number of rotatable bonds is 1. The Kier molecular flexibility index (Phi) is 2.31. The van der Waals surface area contributed by atoms with E-state index in [2.05, 4.69) is 60.7 Å². The van der Waals surface area contributed by atoms with Crippen molar-refractivity contribution in [3.05, 3.63) is 72.5 Å². The smallest absolute Gasteiger partial charge is 0.127 e.